The second-order valence-corrected chi connectivity index (χ2v) is 11.5. The average Bonchev–Trinajstić information content (AvgIpc) is 2.98. The number of nitrogens with one attached hydrogen (secondary N) is 1. The largest absolute Gasteiger partial charge is 0.494 e. The molecule has 0 aliphatic carbocycles. The van der Waals surface area contributed by atoms with E-state index in [1.54, 1.807) is 0 Å². The quantitative estimate of drug-likeness (QED) is 0.375. The van der Waals surface area contributed by atoms with Crippen LogP contribution in [-0.4, -0.2) is 36.6 Å². The molecule has 1 aliphatic rings. The Labute approximate surface area is 212 Å². The first-order chi connectivity index (χ1) is 16.4. The molecular formula is C29H42BNO4. The second kappa shape index (κ2) is 11.2. The molecule has 2 aromatic rings. The molecule has 2 aromatic carbocycles. The predicted octanol–water partition coefficient (Wildman–Crippen LogP) is 5.62. The summed E-state index contributed by atoms with van der Waals surface area (Å²) in [5, 5.41) is 2.85. The van der Waals surface area contributed by atoms with E-state index in [-0.39, 0.29) is 24.4 Å². The van der Waals surface area contributed by atoms with Crippen LogP contribution >= 0.6 is 0 Å². The Balaban J connectivity index is 1.49. The van der Waals surface area contributed by atoms with Gasteiger partial charge in [-0.3, -0.25) is 0 Å². The van der Waals surface area contributed by atoms with Crippen LogP contribution in [0.15, 0.2) is 48.5 Å². The Hall–Kier alpha value is -2.31. The fourth-order valence-corrected chi connectivity index (χ4v) is 4.19. The number of benzene rings is 2. The van der Waals surface area contributed by atoms with Crippen LogP contribution in [0.4, 0.5) is 4.79 Å². The van der Waals surface area contributed by atoms with E-state index in [1.165, 1.54) is 16.7 Å². The number of hydrogen-bond acceptors (Lipinski definition) is 4. The third-order valence-corrected chi connectivity index (χ3v) is 6.80. The van der Waals surface area contributed by atoms with E-state index in [9.17, 15) is 4.79 Å². The van der Waals surface area contributed by atoms with Gasteiger partial charge in [0.25, 0.3) is 0 Å². The zero-order chi connectivity index (χ0) is 25.7. The van der Waals surface area contributed by atoms with Gasteiger partial charge in [0, 0.05) is 6.54 Å². The van der Waals surface area contributed by atoms with Crippen LogP contribution in [0.25, 0.3) is 0 Å². The maximum Gasteiger partial charge on any atom is 0.494 e. The van der Waals surface area contributed by atoms with E-state index >= 15 is 0 Å². The molecule has 0 atom stereocenters. The summed E-state index contributed by atoms with van der Waals surface area (Å²) in [4.78, 5) is 11.8. The van der Waals surface area contributed by atoms with Gasteiger partial charge in [0.15, 0.2) is 0 Å². The SMILES string of the molecule is CC(C)(C)OC(=O)NCCCc1ccccc1CCCc1cccc(B2OC(C)(C)C(C)(C)O2)c1. The Kier molecular flexibility index (Phi) is 8.71. The molecule has 3 rings (SSSR count). The zero-order valence-corrected chi connectivity index (χ0v) is 22.6. The number of hydrogen-bond donors (Lipinski definition) is 1. The molecule has 0 saturated carbocycles. The highest BCUT2D eigenvalue weighted by atomic mass is 16.7. The van der Waals surface area contributed by atoms with Gasteiger partial charge in [-0.15, -0.1) is 0 Å². The second-order valence-electron chi connectivity index (χ2n) is 11.5. The first-order valence-electron chi connectivity index (χ1n) is 12.8. The van der Waals surface area contributed by atoms with Gasteiger partial charge in [0.2, 0.25) is 0 Å². The smallest absolute Gasteiger partial charge is 0.444 e. The van der Waals surface area contributed by atoms with Crippen molar-refractivity contribution in [2.24, 2.45) is 0 Å². The van der Waals surface area contributed by atoms with E-state index in [2.05, 4.69) is 81.5 Å². The summed E-state index contributed by atoms with van der Waals surface area (Å²) >= 11 is 0. The molecule has 0 spiro atoms. The van der Waals surface area contributed by atoms with Crippen molar-refractivity contribution in [1.29, 1.82) is 0 Å². The van der Waals surface area contributed by atoms with Gasteiger partial charge in [-0.25, -0.2) is 4.79 Å². The molecular weight excluding hydrogens is 437 g/mol. The minimum absolute atomic E-state index is 0.324. The summed E-state index contributed by atoms with van der Waals surface area (Å²) in [5.41, 5.74) is 3.98. The van der Waals surface area contributed by atoms with Crippen LogP contribution in [0.3, 0.4) is 0 Å². The van der Waals surface area contributed by atoms with E-state index in [4.69, 9.17) is 14.0 Å². The van der Waals surface area contributed by atoms with Crippen molar-refractivity contribution in [3.63, 3.8) is 0 Å². The van der Waals surface area contributed by atoms with Crippen LogP contribution in [0.1, 0.15) is 78.0 Å². The Morgan fingerprint density at radius 2 is 1.49 bits per heavy atom. The lowest BCUT2D eigenvalue weighted by Gasteiger charge is -2.32. The van der Waals surface area contributed by atoms with Crippen LogP contribution in [0, 0.1) is 0 Å². The molecule has 0 bridgehead atoms. The van der Waals surface area contributed by atoms with Crippen molar-refractivity contribution < 1.29 is 18.8 Å². The van der Waals surface area contributed by atoms with Crippen molar-refractivity contribution in [3.8, 4) is 0 Å². The first-order valence-corrected chi connectivity index (χ1v) is 12.8. The number of carbonyl (C=O) groups excluding carboxylic acids is 1. The molecule has 1 N–H and O–H groups in total. The minimum Gasteiger partial charge on any atom is -0.444 e. The minimum atomic E-state index is -0.472. The number of alkyl carbamates (subject to hydrolysis) is 1. The normalized spacial score (nSPS) is 16.8. The van der Waals surface area contributed by atoms with Crippen LogP contribution in [-0.2, 0) is 33.3 Å². The van der Waals surface area contributed by atoms with Gasteiger partial charge >= 0.3 is 13.2 Å². The number of rotatable bonds is 9. The van der Waals surface area contributed by atoms with Gasteiger partial charge in [-0.05, 0) is 103 Å². The number of carbonyl (C=O) groups is 1. The molecule has 0 unspecified atom stereocenters. The summed E-state index contributed by atoms with van der Waals surface area (Å²) in [5.74, 6) is 0. The van der Waals surface area contributed by atoms with Crippen LogP contribution < -0.4 is 10.8 Å². The fraction of sp³-hybridized carbons (Fsp3) is 0.552. The summed E-state index contributed by atoms with van der Waals surface area (Å²) in [6.07, 6.45) is 4.56. The molecule has 1 fully saturated rings. The molecule has 190 valence electrons. The van der Waals surface area contributed by atoms with Gasteiger partial charge in [-0.1, -0.05) is 48.5 Å². The van der Waals surface area contributed by atoms with Crippen LogP contribution in [0.5, 0.6) is 0 Å². The van der Waals surface area contributed by atoms with Crippen molar-refractivity contribution in [1.82, 2.24) is 5.32 Å². The lowest BCUT2D eigenvalue weighted by Crippen LogP contribution is -2.41. The number of ether oxygens (including phenoxy) is 1. The van der Waals surface area contributed by atoms with Gasteiger partial charge in [-0.2, -0.15) is 0 Å². The highest BCUT2D eigenvalue weighted by Gasteiger charge is 2.51. The summed E-state index contributed by atoms with van der Waals surface area (Å²) < 4.78 is 17.8. The lowest BCUT2D eigenvalue weighted by atomic mass is 9.78. The first kappa shape index (κ1) is 27.3. The predicted molar refractivity (Wildman–Crippen MR) is 143 cm³/mol. The fourth-order valence-electron chi connectivity index (χ4n) is 4.19. The number of amides is 1. The molecule has 1 saturated heterocycles. The van der Waals surface area contributed by atoms with Crippen molar-refractivity contribution in [3.05, 3.63) is 65.2 Å². The van der Waals surface area contributed by atoms with E-state index < -0.39 is 5.60 Å². The van der Waals surface area contributed by atoms with Crippen molar-refractivity contribution >= 4 is 18.7 Å². The summed E-state index contributed by atoms with van der Waals surface area (Å²) in [6, 6.07) is 17.2. The number of aryl methyl sites for hydroxylation is 3. The topological polar surface area (TPSA) is 56.8 Å². The van der Waals surface area contributed by atoms with Crippen molar-refractivity contribution in [2.45, 2.75) is 97.4 Å². The van der Waals surface area contributed by atoms with E-state index in [1.807, 2.05) is 20.8 Å². The summed E-state index contributed by atoms with van der Waals surface area (Å²) in [7, 11) is -0.324. The monoisotopic (exact) mass is 479 g/mol. The molecule has 0 radical (unpaired) electrons. The van der Waals surface area contributed by atoms with Gasteiger partial charge in [0.1, 0.15) is 5.60 Å². The summed E-state index contributed by atoms with van der Waals surface area (Å²) in [6.45, 7) is 14.6. The van der Waals surface area contributed by atoms with Crippen LogP contribution in [0.2, 0.25) is 0 Å². The highest BCUT2D eigenvalue weighted by molar-refractivity contribution is 6.62. The van der Waals surface area contributed by atoms with E-state index in [0.29, 0.717) is 6.54 Å². The third-order valence-electron chi connectivity index (χ3n) is 6.80. The maximum absolute atomic E-state index is 11.8. The maximum atomic E-state index is 11.8. The zero-order valence-electron chi connectivity index (χ0n) is 22.6. The average molecular weight is 479 g/mol. The van der Waals surface area contributed by atoms with Crippen molar-refractivity contribution in [2.75, 3.05) is 6.54 Å². The molecule has 0 aromatic heterocycles. The molecule has 1 amide bonds. The lowest BCUT2D eigenvalue weighted by molar-refractivity contribution is 0.00578. The van der Waals surface area contributed by atoms with Gasteiger partial charge in [0.05, 0.1) is 11.2 Å². The third kappa shape index (κ3) is 7.84. The Bertz CT molecular complexity index is 980. The Morgan fingerprint density at radius 3 is 2.09 bits per heavy atom. The molecule has 5 nitrogen and oxygen atoms in total. The van der Waals surface area contributed by atoms with E-state index in [0.717, 1.165) is 37.6 Å². The highest BCUT2D eigenvalue weighted by Crippen LogP contribution is 2.36. The molecule has 1 heterocycles. The molecule has 1 aliphatic heterocycles. The molecule has 6 heteroatoms. The Morgan fingerprint density at radius 1 is 0.886 bits per heavy atom. The standard InChI is InChI=1S/C29H42BNO4/c1-27(2,3)33-26(32)31-20-12-18-24-16-9-8-15-23(24)17-10-13-22-14-11-19-25(21-22)30-34-28(4,5)29(6,7)35-30/h8-9,11,14-16,19,21H,10,12-13,17-18,20H2,1-7H3,(H,31,32). The molecule has 35 heavy (non-hydrogen) atoms. The van der Waals surface area contributed by atoms with Gasteiger partial charge < -0.3 is 19.4 Å².